The van der Waals surface area contributed by atoms with Crippen LogP contribution in [0.4, 0.5) is 17.1 Å². The molecule has 5 nitrogen and oxygen atoms in total. The minimum Gasteiger partial charge on any atom is -0.393 e. The van der Waals surface area contributed by atoms with Gasteiger partial charge >= 0.3 is 0 Å². The van der Waals surface area contributed by atoms with Crippen LogP contribution < -0.4 is 10.6 Å². The Morgan fingerprint density at radius 3 is 2.71 bits per heavy atom. The first-order chi connectivity index (χ1) is 8.13. The quantitative estimate of drug-likeness (QED) is 0.483. The van der Waals surface area contributed by atoms with Crippen molar-refractivity contribution in [2.24, 2.45) is 0 Å². The SMILES string of the molecule is CCCN(c1ccc([N+](=O)[O-])c(N)c1)C1CC1. The molecule has 0 atom stereocenters. The molecule has 1 aliphatic carbocycles. The van der Waals surface area contributed by atoms with Crippen molar-refractivity contribution in [3.63, 3.8) is 0 Å². The zero-order chi connectivity index (χ0) is 12.4. The lowest BCUT2D eigenvalue weighted by Gasteiger charge is -2.24. The van der Waals surface area contributed by atoms with Gasteiger partial charge in [-0.15, -0.1) is 0 Å². The molecule has 2 N–H and O–H groups in total. The number of hydrogen-bond donors (Lipinski definition) is 1. The lowest BCUT2D eigenvalue weighted by Crippen LogP contribution is -2.26. The van der Waals surface area contributed by atoms with Crippen LogP contribution in [0.5, 0.6) is 0 Å². The fourth-order valence-corrected chi connectivity index (χ4v) is 2.04. The van der Waals surface area contributed by atoms with Gasteiger partial charge in [0.05, 0.1) is 4.92 Å². The Kier molecular flexibility index (Phi) is 3.17. The van der Waals surface area contributed by atoms with E-state index in [1.54, 1.807) is 12.1 Å². The summed E-state index contributed by atoms with van der Waals surface area (Å²) in [6.07, 6.45) is 3.47. The summed E-state index contributed by atoms with van der Waals surface area (Å²) < 4.78 is 0. The Morgan fingerprint density at radius 2 is 2.24 bits per heavy atom. The molecule has 0 amide bonds. The maximum absolute atomic E-state index is 10.7. The summed E-state index contributed by atoms with van der Waals surface area (Å²) in [5.74, 6) is 0. The molecule has 0 radical (unpaired) electrons. The zero-order valence-electron chi connectivity index (χ0n) is 9.93. The van der Waals surface area contributed by atoms with Gasteiger partial charge < -0.3 is 10.6 Å². The molecule has 0 heterocycles. The molecule has 0 aliphatic heterocycles. The summed E-state index contributed by atoms with van der Waals surface area (Å²) in [6, 6.07) is 5.60. The third-order valence-electron chi connectivity index (χ3n) is 2.99. The summed E-state index contributed by atoms with van der Waals surface area (Å²) in [7, 11) is 0. The van der Waals surface area contributed by atoms with Crippen LogP contribution in [-0.4, -0.2) is 17.5 Å². The second-order valence-corrected chi connectivity index (χ2v) is 4.42. The minimum atomic E-state index is -0.444. The zero-order valence-corrected chi connectivity index (χ0v) is 9.93. The van der Waals surface area contributed by atoms with Crippen LogP contribution in [0.1, 0.15) is 26.2 Å². The summed E-state index contributed by atoms with van der Waals surface area (Å²) in [6.45, 7) is 3.10. The number of nitrogens with zero attached hydrogens (tertiary/aromatic N) is 2. The number of benzene rings is 1. The topological polar surface area (TPSA) is 72.4 Å². The smallest absolute Gasteiger partial charge is 0.292 e. The molecule has 1 aromatic carbocycles. The molecular weight excluding hydrogens is 218 g/mol. The Labute approximate surface area is 100 Å². The Morgan fingerprint density at radius 1 is 1.53 bits per heavy atom. The van der Waals surface area contributed by atoms with Crippen LogP contribution in [-0.2, 0) is 0 Å². The highest BCUT2D eigenvalue weighted by Crippen LogP contribution is 2.34. The molecule has 1 saturated carbocycles. The average Bonchev–Trinajstić information content (AvgIpc) is 3.09. The number of nitro benzene ring substituents is 1. The monoisotopic (exact) mass is 235 g/mol. The Bertz CT molecular complexity index is 430. The highest BCUT2D eigenvalue weighted by atomic mass is 16.6. The molecule has 0 unspecified atom stereocenters. The highest BCUT2D eigenvalue weighted by Gasteiger charge is 2.29. The van der Waals surface area contributed by atoms with Crippen LogP contribution in [0, 0.1) is 10.1 Å². The third-order valence-corrected chi connectivity index (χ3v) is 2.99. The standard InChI is InChI=1S/C12H17N3O2/c1-2-7-14(9-3-4-9)10-5-6-12(15(16)17)11(13)8-10/h5-6,8-9H,2-4,7,13H2,1H3. The van der Waals surface area contributed by atoms with Gasteiger partial charge in [-0.05, 0) is 31.4 Å². The normalized spacial score (nSPS) is 14.6. The molecule has 0 aromatic heterocycles. The Hall–Kier alpha value is -1.78. The number of hydrogen-bond acceptors (Lipinski definition) is 4. The maximum atomic E-state index is 10.7. The van der Waals surface area contributed by atoms with Crippen molar-refractivity contribution in [3.8, 4) is 0 Å². The van der Waals surface area contributed by atoms with Crippen LogP contribution in [0.3, 0.4) is 0 Å². The van der Waals surface area contributed by atoms with E-state index in [1.807, 2.05) is 0 Å². The van der Waals surface area contributed by atoms with E-state index in [1.165, 1.54) is 18.9 Å². The molecule has 1 fully saturated rings. The number of nitrogen functional groups attached to an aromatic ring is 1. The van der Waals surface area contributed by atoms with Gasteiger partial charge in [-0.25, -0.2) is 0 Å². The first-order valence-electron chi connectivity index (χ1n) is 5.94. The molecule has 5 heteroatoms. The number of rotatable bonds is 5. The second-order valence-electron chi connectivity index (χ2n) is 4.42. The third kappa shape index (κ3) is 2.49. The van der Waals surface area contributed by atoms with Crippen molar-refractivity contribution < 1.29 is 4.92 Å². The molecule has 1 aliphatic rings. The molecule has 17 heavy (non-hydrogen) atoms. The molecular formula is C12H17N3O2. The van der Waals surface area contributed by atoms with Crippen molar-refractivity contribution in [1.29, 1.82) is 0 Å². The van der Waals surface area contributed by atoms with Crippen molar-refractivity contribution in [2.45, 2.75) is 32.2 Å². The van der Waals surface area contributed by atoms with Gasteiger partial charge in [0.25, 0.3) is 5.69 Å². The van der Waals surface area contributed by atoms with Gasteiger partial charge in [0.1, 0.15) is 5.69 Å². The van der Waals surface area contributed by atoms with Crippen molar-refractivity contribution in [1.82, 2.24) is 0 Å². The van der Waals surface area contributed by atoms with E-state index in [0.717, 1.165) is 18.7 Å². The predicted molar refractivity (Wildman–Crippen MR) is 68.2 cm³/mol. The summed E-state index contributed by atoms with van der Waals surface area (Å²) in [4.78, 5) is 12.5. The maximum Gasteiger partial charge on any atom is 0.292 e. The van der Waals surface area contributed by atoms with Gasteiger partial charge in [0.15, 0.2) is 0 Å². The number of nitrogens with two attached hydrogens (primary N) is 1. The molecule has 0 saturated heterocycles. The van der Waals surface area contributed by atoms with E-state index in [-0.39, 0.29) is 11.4 Å². The fourth-order valence-electron chi connectivity index (χ4n) is 2.04. The van der Waals surface area contributed by atoms with Gasteiger partial charge in [-0.2, -0.15) is 0 Å². The molecule has 92 valence electrons. The van der Waals surface area contributed by atoms with Crippen molar-refractivity contribution >= 4 is 17.1 Å². The van der Waals surface area contributed by atoms with E-state index in [0.29, 0.717) is 6.04 Å². The Balaban J connectivity index is 2.25. The first-order valence-corrected chi connectivity index (χ1v) is 5.94. The summed E-state index contributed by atoms with van der Waals surface area (Å²) in [5.41, 5.74) is 6.94. The van der Waals surface area contributed by atoms with Crippen LogP contribution >= 0.6 is 0 Å². The predicted octanol–water partition coefficient (Wildman–Crippen LogP) is 2.56. The minimum absolute atomic E-state index is 0.0130. The first kappa shape index (κ1) is 11.7. The number of nitro groups is 1. The largest absolute Gasteiger partial charge is 0.393 e. The van der Waals surface area contributed by atoms with E-state index in [9.17, 15) is 10.1 Å². The van der Waals surface area contributed by atoms with E-state index < -0.39 is 4.92 Å². The van der Waals surface area contributed by atoms with Crippen molar-refractivity contribution in [2.75, 3.05) is 17.2 Å². The van der Waals surface area contributed by atoms with Gasteiger partial charge in [-0.1, -0.05) is 6.92 Å². The summed E-state index contributed by atoms with van der Waals surface area (Å²) >= 11 is 0. The average molecular weight is 235 g/mol. The van der Waals surface area contributed by atoms with Crippen molar-refractivity contribution in [3.05, 3.63) is 28.3 Å². The van der Waals surface area contributed by atoms with E-state index >= 15 is 0 Å². The van der Waals surface area contributed by atoms with Crippen LogP contribution in [0.15, 0.2) is 18.2 Å². The molecule has 0 spiro atoms. The van der Waals surface area contributed by atoms with Gasteiger partial charge in [0, 0.05) is 24.3 Å². The van der Waals surface area contributed by atoms with E-state index in [2.05, 4.69) is 11.8 Å². The van der Waals surface area contributed by atoms with Gasteiger partial charge in [-0.3, -0.25) is 10.1 Å². The highest BCUT2D eigenvalue weighted by molar-refractivity contribution is 5.67. The van der Waals surface area contributed by atoms with Crippen LogP contribution in [0.2, 0.25) is 0 Å². The summed E-state index contributed by atoms with van der Waals surface area (Å²) in [5, 5.41) is 10.7. The lowest BCUT2D eigenvalue weighted by molar-refractivity contribution is -0.383. The fraction of sp³-hybridized carbons (Fsp3) is 0.500. The molecule has 2 rings (SSSR count). The van der Waals surface area contributed by atoms with Crippen LogP contribution in [0.25, 0.3) is 0 Å². The van der Waals surface area contributed by atoms with Gasteiger partial charge in [0.2, 0.25) is 0 Å². The van der Waals surface area contributed by atoms with E-state index in [4.69, 9.17) is 5.73 Å². The lowest BCUT2D eigenvalue weighted by atomic mass is 10.2. The number of anilines is 2. The molecule has 0 bridgehead atoms. The molecule has 1 aromatic rings. The second kappa shape index (κ2) is 4.61.